The van der Waals surface area contributed by atoms with E-state index in [0.29, 0.717) is 6.42 Å². The molecule has 1 unspecified atom stereocenters. The van der Waals surface area contributed by atoms with Crippen molar-refractivity contribution in [3.8, 4) is 0 Å². The van der Waals surface area contributed by atoms with Crippen LogP contribution in [0.4, 0.5) is 0 Å². The molecule has 0 aliphatic rings. The summed E-state index contributed by atoms with van der Waals surface area (Å²) in [4.78, 5) is 0. The molecule has 0 fully saturated rings. The third kappa shape index (κ3) is 14.6. The van der Waals surface area contributed by atoms with Gasteiger partial charge in [0.25, 0.3) is 0 Å². The molecule has 5 nitrogen and oxygen atoms in total. The molecule has 0 saturated carbocycles. The minimum Gasteiger partial charge on any atom is -0.396 e. The summed E-state index contributed by atoms with van der Waals surface area (Å²) in [6, 6.07) is 0. The Hall–Kier alpha value is -0.200. The predicted octanol–water partition coefficient (Wildman–Crippen LogP) is -1.56. The molecule has 0 bridgehead atoms. The van der Waals surface area contributed by atoms with E-state index in [-0.39, 0.29) is 25.9 Å². The number of hydrogen-bond acceptors (Lipinski definition) is 5. The minimum absolute atomic E-state index is 0.0810. The Kier molecular flexibility index (Phi) is 9.87. The van der Waals surface area contributed by atoms with E-state index in [1.54, 1.807) is 13.8 Å². The van der Waals surface area contributed by atoms with Crippen LogP contribution in [0.3, 0.4) is 0 Å². The lowest BCUT2D eigenvalue weighted by molar-refractivity contribution is 0.134. The van der Waals surface area contributed by atoms with Crippen molar-refractivity contribution in [1.82, 2.24) is 0 Å². The highest BCUT2D eigenvalue weighted by molar-refractivity contribution is 4.74. The number of rotatable bonds is 4. The third-order valence-electron chi connectivity index (χ3n) is 1.27. The molecule has 13 heavy (non-hydrogen) atoms. The monoisotopic (exact) mass is 195 g/mol. The molecule has 0 aliphatic carbocycles. The molecule has 0 rings (SSSR count). The van der Waals surface area contributed by atoms with Crippen molar-refractivity contribution < 1.29 is 20.4 Å². The van der Waals surface area contributed by atoms with Crippen molar-refractivity contribution in [1.29, 1.82) is 0 Å². The fraction of sp³-hybridized carbons (Fsp3) is 1.00. The van der Waals surface area contributed by atoms with Crippen molar-refractivity contribution >= 4 is 0 Å². The molecule has 6 N–H and O–H groups in total. The van der Waals surface area contributed by atoms with Crippen molar-refractivity contribution in [3.63, 3.8) is 0 Å². The van der Waals surface area contributed by atoms with Crippen LogP contribution in [0.1, 0.15) is 20.3 Å². The Morgan fingerprint density at radius 3 is 1.62 bits per heavy atom. The molecule has 0 aromatic carbocycles. The molecule has 0 heterocycles. The van der Waals surface area contributed by atoms with Crippen LogP contribution in [0.2, 0.25) is 0 Å². The molecule has 0 saturated heterocycles. The Morgan fingerprint density at radius 1 is 1.23 bits per heavy atom. The van der Waals surface area contributed by atoms with Gasteiger partial charge in [-0.3, -0.25) is 0 Å². The van der Waals surface area contributed by atoms with Gasteiger partial charge in [0.15, 0.2) is 0 Å². The van der Waals surface area contributed by atoms with Gasteiger partial charge in [0.2, 0.25) is 0 Å². The van der Waals surface area contributed by atoms with Crippen LogP contribution >= 0.6 is 0 Å². The first kappa shape index (κ1) is 15.3. The maximum absolute atomic E-state index is 8.39. The van der Waals surface area contributed by atoms with Crippen molar-refractivity contribution in [2.75, 3.05) is 19.8 Å². The van der Waals surface area contributed by atoms with Gasteiger partial charge in [0.1, 0.15) is 0 Å². The van der Waals surface area contributed by atoms with E-state index >= 15 is 0 Å². The van der Waals surface area contributed by atoms with Crippen LogP contribution in [0.25, 0.3) is 0 Å². The summed E-state index contributed by atoms with van der Waals surface area (Å²) >= 11 is 0. The van der Waals surface area contributed by atoms with Crippen LogP contribution in [0, 0.1) is 0 Å². The smallest absolute Gasteiger partial charge is 0.0631 e. The number of hydrogen-bond donors (Lipinski definition) is 5. The van der Waals surface area contributed by atoms with E-state index in [1.165, 1.54) is 0 Å². The van der Waals surface area contributed by atoms with Crippen LogP contribution in [0.15, 0.2) is 0 Å². The first-order valence-electron chi connectivity index (χ1n) is 4.19. The molecule has 0 aromatic rings. The van der Waals surface area contributed by atoms with Crippen molar-refractivity contribution in [2.45, 2.75) is 31.9 Å². The van der Waals surface area contributed by atoms with Gasteiger partial charge in [-0.2, -0.15) is 0 Å². The summed E-state index contributed by atoms with van der Waals surface area (Å²) in [5.41, 5.74) is 4.41. The lowest BCUT2D eigenvalue weighted by Gasteiger charge is -2.16. The highest BCUT2D eigenvalue weighted by Gasteiger charge is 2.13. The SMILES string of the molecule is CC(N)(CO)CO.CC(O)CCO. The summed E-state index contributed by atoms with van der Waals surface area (Å²) in [6.45, 7) is 2.95. The van der Waals surface area contributed by atoms with Crippen LogP contribution in [0.5, 0.6) is 0 Å². The average molecular weight is 195 g/mol. The zero-order valence-corrected chi connectivity index (χ0v) is 8.27. The largest absolute Gasteiger partial charge is 0.396 e. The van der Waals surface area contributed by atoms with Gasteiger partial charge in [0, 0.05) is 6.61 Å². The summed E-state index contributed by atoms with van der Waals surface area (Å²) < 4.78 is 0. The van der Waals surface area contributed by atoms with Gasteiger partial charge in [-0.25, -0.2) is 0 Å². The van der Waals surface area contributed by atoms with Gasteiger partial charge in [0.05, 0.1) is 24.9 Å². The van der Waals surface area contributed by atoms with E-state index in [1.807, 2.05) is 0 Å². The standard InChI is InChI=1S/C4H11NO2.C4H10O2/c1-4(5,2-6)3-7;1-4(6)2-3-5/h6-7H,2-3,5H2,1H3;4-6H,2-3H2,1H3. The second kappa shape index (κ2) is 8.40. The first-order valence-corrected chi connectivity index (χ1v) is 4.19. The minimum atomic E-state index is -0.806. The van der Waals surface area contributed by atoms with E-state index in [2.05, 4.69) is 0 Å². The molecular weight excluding hydrogens is 174 g/mol. The summed E-state index contributed by atoms with van der Waals surface area (Å²) in [5.74, 6) is 0. The molecule has 0 amide bonds. The molecule has 0 radical (unpaired) electrons. The fourth-order valence-electron chi connectivity index (χ4n) is 0.237. The zero-order chi connectivity index (χ0) is 10.9. The molecule has 1 atom stereocenters. The first-order chi connectivity index (χ1) is 5.89. The molecule has 5 heteroatoms. The number of aliphatic hydroxyl groups excluding tert-OH is 4. The highest BCUT2D eigenvalue weighted by Crippen LogP contribution is 1.91. The molecule has 0 aromatic heterocycles. The third-order valence-corrected chi connectivity index (χ3v) is 1.27. The van der Waals surface area contributed by atoms with E-state index in [0.717, 1.165) is 0 Å². The summed E-state index contributed by atoms with van der Waals surface area (Å²) in [6.07, 6.45) is 0.134. The topological polar surface area (TPSA) is 107 Å². The fourth-order valence-corrected chi connectivity index (χ4v) is 0.237. The highest BCUT2D eigenvalue weighted by atomic mass is 16.3. The second-order valence-corrected chi connectivity index (χ2v) is 3.33. The molecule has 82 valence electrons. The van der Waals surface area contributed by atoms with Crippen LogP contribution in [-0.4, -0.2) is 51.9 Å². The quantitative estimate of drug-likeness (QED) is 0.373. The van der Waals surface area contributed by atoms with Gasteiger partial charge in [-0.05, 0) is 20.3 Å². The average Bonchev–Trinajstić information content (AvgIpc) is 2.05. The lowest BCUT2D eigenvalue weighted by atomic mass is 10.1. The van der Waals surface area contributed by atoms with Crippen molar-refractivity contribution in [3.05, 3.63) is 0 Å². The van der Waals surface area contributed by atoms with Crippen LogP contribution in [-0.2, 0) is 0 Å². The number of nitrogens with two attached hydrogens (primary N) is 1. The molecular formula is C8H21NO4. The summed E-state index contributed by atoms with van der Waals surface area (Å²) in [7, 11) is 0. The van der Waals surface area contributed by atoms with Gasteiger partial charge < -0.3 is 26.2 Å². The Bertz CT molecular complexity index is 100. The molecule has 0 aliphatic heterocycles. The zero-order valence-electron chi connectivity index (χ0n) is 8.27. The Morgan fingerprint density at radius 2 is 1.62 bits per heavy atom. The number of aliphatic hydroxyl groups is 4. The molecule has 0 spiro atoms. The van der Waals surface area contributed by atoms with E-state index in [9.17, 15) is 0 Å². The normalized spacial score (nSPS) is 13.2. The second-order valence-electron chi connectivity index (χ2n) is 3.33. The summed E-state index contributed by atoms with van der Waals surface area (Å²) in [5, 5.41) is 33.1. The predicted molar refractivity (Wildman–Crippen MR) is 50.1 cm³/mol. The maximum Gasteiger partial charge on any atom is 0.0631 e. The van der Waals surface area contributed by atoms with Gasteiger partial charge in [-0.15, -0.1) is 0 Å². The maximum atomic E-state index is 8.39. The van der Waals surface area contributed by atoms with Gasteiger partial charge in [-0.1, -0.05) is 0 Å². The van der Waals surface area contributed by atoms with Gasteiger partial charge >= 0.3 is 0 Å². The lowest BCUT2D eigenvalue weighted by Crippen LogP contribution is -2.43. The van der Waals surface area contributed by atoms with Crippen LogP contribution < -0.4 is 5.73 Å². The Balaban J connectivity index is 0. The van der Waals surface area contributed by atoms with E-state index < -0.39 is 5.54 Å². The van der Waals surface area contributed by atoms with E-state index in [4.69, 9.17) is 26.2 Å². The Labute approximate surface area is 78.8 Å². The van der Waals surface area contributed by atoms with Crippen molar-refractivity contribution in [2.24, 2.45) is 5.73 Å².